The van der Waals surface area contributed by atoms with E-state index < -0.39 is 6.04 Å². The Balaban J connectivity index is 1.83. The van der Waals surface area contributed by atoms with Gasteiger partial charge in [-0.05, 0) is 38.0 Å². The Bertz CT molecular complexity index is 1260. The summed E-state index contributed by atoms with van der Waals surface area (Å²) < 4.78 is 3.29. The summed E-state index contributed by atoms with van der Waals surface area (Å²) in [6, 6.07) is 14.8. The van der Waals surface area contributed by atoms with E-state index in [1.807, 2.05) is 69.3 Å². The number of hydrogen-bond donors (Lipinski definition) is 1. The quantitative estimate of drug-likeness (QED) is 0.542. The number of rotatable bonds is 4. The van der Waals surface area contributed by atoms with E-state index in [0.717, 1.165) is 31.7 Å². The van der Waals surface area contributed by atoms with E-state index in [9.17, 15) is 9.59 Å². The molecule has 2 heterocycles. The van der Waals surface area contributed by atoms with Crippen molar-refractivity contribution in [1.82, 2.24) is 9.78 Å². The number of thiophene rings is 1. The summed E-state index contributed by atoms with van der Waals surface area (Å²) in [6.07, 6.45) is 0.470. The van der Waals surface area contributed by atoms with Crippen molar-refractivity contribution in [1.29, 1.82) is 0 Å². The molecule has 0 saturated heterocycles. The van der Waals surface area contributed by atoms with Gasteiger partial charge in [-0.2, -0.15) is 5.10 Å². The monoisotopic (exact) mass is 391 g/mol. The molecule has 2 aromatic heterocycles. The molecule has 5 nitrogen and oxygen atoms in total. The second-order valence-corrected chi connectivity index (χ2v) is 7.92. The highest BCUT2D eigenvalue weighted by molar-refractivity contribution is 7.26. The van der Waals surface area contributed by atoms with E-state index >= 15 is 0 Å². The lowest BCUT2D eigenvalue weighted by molar-refractivity contribution is -0.119. The zero-order valence-corrected chi connectivity index (χ0v) is 16.8. The van der Waals surface area contributed by atoms with Gasteiger partial charge in [0.15, 0.2) is 0 Å². The van der Waals surface area contributed by atoms with Gasteiger partial charge in [0.2, 0.25) is 5.91 Å². The number of hydrogen-bond acceptors (Lipinski definition) is 4. The summed E-state index contributed by atoms with van der Waals surface area (Å²) in [4.78, 5) is 26.3. The molecule has 1 unspecified atom stereocenters. The molecule has 4 aromatic rings. The molecule has 0 saturated carbocycles. The maximum Gasteiger partial charge on any atom is 0.276 e. The Labute approximate surface area is 166 Å². The number of fused-ring (bicyclic) bond motifs is 3. The molecular weight excluding hydrogens is 370 g/mol. The van der Waals surface area contributed by atoms with Crippen LogP contribution in [0.4, 0.5) is 5.69 Å². The maximum atomic E-state index is 13.3. The molecule has 0 aliphatic heterocycles. The van der Waals surface area contributed by atoms with E-state index in [1.165, 1.54) is 4.68 Å². The summed E-state index contributed by atoms with van der Waals surface area (Å²) in [5.41, 5.74) is 2.27. The summed E-state index contributed by atoms with van der Waals surface area (Å²) in [6.45, 7) is 5.72. The third-order valence-electron chi connectivity index (χ3n) is 4.99. The number of carbonyl (C=O) groups excluding carboxylic acids is 1. The molecule has 1 amide bonds. The van der Waals surface area contributed by atoms with Crippen LogP contribution in [0.15, 0.2) is 53.3 Å². The summed E-state index contributed by atoms with van der Waals surface area (Å²) in [7, 11) is 0. The number of nitrogens with zero attached hydrogens (tertiary/aromatic N) is 2. The van der Waals surface area contributed by atoms with Gasteiger partial charge < -0.3 is 5.32 Å². The number of aromatic nitrogens is 2. The molecule has 0 aliphatic carbocycles. The first-order chi connectivity index (χ1) is 13.5. The molecule has 6 heteroatoms. The number of carbonyl (C=O) groups is 1. The fraction of sp³-hybridized carbons (Fsp3) is 0.227. The number of amides is 1. The number of benzene rings is 2. The van der Waals surface area contributed by atoms with Gasteiger partial charge in [-0.15, -0.1) is 11.3 Å². The van der Waals surface area contributed by atoms with Crippen LogP contribution in [0.25, 0.3) is 20.2 Å². The van der Waals surface area contributed by atoms with Gasteiger partial charge in [-0.3, -0.25) is 9.59 Å². The maximum absolute atomic E-state index is 13.3. The van der Waals surface area contributed by atoms with Crippen molar-refractivity contribution in [3.05, 3.63) is 70.1 Å². The van der Waals surface area contributed by atoms with Gasteiger partial charge in [0.1, 0.15) is 6.04 Å². The van der Waals surface area contributed by atoms with E-state index in [2.05, 4.69) is 10.4 Å². The van der Waals surface area contributed by atoms with Crippen molar-refractivity contribution in [2.45, 2.75) is 33.2 Å². The molecule has 0 radical (unpaired) electrons. The first-order valence-corrected chi connectivity index (χ1v) is 10.1. The third-order valence-corrected chi connectivity index (χ3v) is 6.27. The minimum absolute atomic E-state index is 0.218. The lowest BCUT2D eigenvalue weighted by atomic mass is 10.1. The van der Waals surface area contributed by atoms with Crippen LogP contribution in [0.3, 0.4) is 0 Å². The molecule has 0 bridgehead atoms. The van der Waals surface area contributed by atoms with Gasteiger partial charge in [0, 0.05) is 15.8 Å². The number of anilines is 1. The summed E-state index contributed by atoms with van der Waals surface area (Å²) in [5.74, 6) is -0.232. The van der Waals surface area contributed by atoms with Gasteiger partial charge in [0.05, 0.1) is 15.8 Å². The van der Waals surface area contributed by atoms with Gasteiger partial charge in [-0.25, -0.2) is 4.68 Å². The molecule has 142 valence electrons. The van der Waals surface area contributed by atoms with Crippen molar-refractivity contribution in [3.63, 3.8) is 0 Å². The topological polar surface area (TPSA) is 64.0 Å². The summed E-state index contributed by atoms with van der Waals surface area (Å²) in [5, 5.41) is 9.02. The Hall–Kier alpha value is -2.99. The molecule has 0 fully saturated rings. The third kappa shape index (κ3) is 2.99. The number of nitrogens with one attached hydrogen (secondary N) is 1. The largest absolute Gasteiger partial charge is 0.324 e. The minimum Gasteiger partial charge on any atom is -0.324 e. The first-order valence-electron chi connectivity index (χ1n) is 9.28. The zero-order valence-electron chi connectivity index (χ0n) is 16.0. The first kappa shape index (κ1) is 18.4. The lowest BCUT2D eigenvalue weighted by Crippen LogP contribution is -2.35. The van der Waals surface area contributed by atoms with E-state index in [4.69, 9.17) is 0 Å². The Kier molecular flexibility index (Phi) is 4.73. The van der Waals surface area contributed by atoms with Crippen molar-refractivity contribution >= 4 is 43.1 Å². The second kappa shape index (κ2) is 7.20. The molecule has 1 atom stereocenters. The van der Waals surface area contributed by atoms with Crippen molar-refractivity contribution in [2.24, 2.45) is 0 Å². The average molecular weight is 391 g/mol. The van der Waals surface area contributed by atoms with E-state index in [0.29, 0.717) is 11.8 Å². The zero-order chi connectivity index (χ0) is 19.8. The SMILES string of the molecule is CCC(C(=O)Nc1ccccc1C)n1nc(C)c2sc3ccccc3c2c1=O. The van der Waals surface area contributed by atoms with Crippen LogP contribution in [0, 0.1) is 13.8 Å². The molecule has 0 aliphatic rings. The van der Waals surface area contributed by atoms with Crippen LogP contribution in [0.1, 0.15) is 30.6 Å². The number of aryl methyl sites for hydroxylation is 2. The number of para-hydroxylation sites is 1. The fourth-order valence-corrected chi connectivity index (χ4v) is 4.62. The van der Waals surface area contributed by atoms with Crippen LogP contribution in [0.2, 0.25) is 0 Å². The minimum atomic E-state index is -0.672. The fourth-order valence-electron chi connectivity index (χ4n) is 3.49. The molecule has 2 aromatic carbocycles. The van der Waals surface area contributed by atoms with Crippen molar-refractivity contribution in [2.75, 3.05) is 5.32 Å². The predicted molar refractivity (Wildman–Crippen MR) is 115 cm³/mol. The average Bonchev–Trinajstić information content (AvgIpc) is 3.08. The van der Waals surface area contributed by atoms with Crippen LogP contribution in [-0.2, 0) is 4.79 Å². The molecule has 4 rings (SSSR count). The van der Waals surface area contributed by atoms with Crippen molar-refractivity contribution < 1.29 is 4.79 Å². The predicted octanol–water partition coefficient (Wildman–Crippen LogP) is 4.82. The summed E-state index contributed by atoms with van der Waals surface area (Å²) >= 11 is 1.57. The van der Waals surface area contributed by atoms with Crippen LogP contribution in [0.5, 0.6) is 0 Å². The van der Waals surface area contributed by atoms with Crippen molar-refractivity contribution in [3.8, 4) is 0 Å². The van der Waals surface area contributed by atoms with Crippen LogP contribution >= 0.6 is 11.3 Å². The molecule has 1 N–H and O–H groups in total. The lowest BCUT2D eigenvalue weighted by Gasteiger charge is -2.18. The molecular formula is C22H21N3O2S. The molecule has 0 spiro atoms. The smallest absolute Gasteiger partial charge is 0.276 e. The second-order valence-electron chi connectivity index (χ2n) is 6.87. The van der Waals surface area contributed by atoms with E-state index in [-0.39, 0.29) is 11.5 Å². The standard InChI is InChI=1S/C22H21N3O2S/c1-4-17(21(26)23-16-11-7-5-9-13(16)2)25-22(27)19-15-10-6-8-12-18(15)28-20(19)14(3)24-25/h5-12,17H,4H2,1-3H3,(H,23,26). The molecule has 28 heavy (non-hydrogen) atoms. The normalized spacial score (nSPS) is 12.4. The Morgan fingerprint density at radius 3 is 2.61 bits per heavy atom. The van der Waals surface area contributed by atoms with Crippen LogP contribution < -0.4 is 10.9 Å². The highest BCUT2D eigenvalue weighted by Crippen LogP contribution is 2.33. The highest BCUT2D eigenvalue weighted by Gasteiger charge is 2.24. The van der Waals surface area contributed by atoms with Gasteiger partial charge >= 0.3 is 0 Å². The van der Waals surface area contributed by atoms with Gasteiger partial charge in [0.25, 0.3) is 5.56 Å². The van der Waals surface area contributed by atoms with Gasteiger partial charge in [-0.1, -0.05) is 43.3 Å². The Morgan fingerprint density at radius 1 is 1.14 bits per heavy atom. The Morgan fingerprint density at radius 2 is 1.86 bits per heavy atom. The van der Waals surface area contributed by atoms with E-state index in [1.54, 1.807) is 11.3 Å². The highest BCUT2D eigenvalue weighted by atomic mass is 32.1. The van der Waals surface area contributed by atoms with Crippen LogP contribution in [-0.4, -0.2) is 15.7 Å².